The number of hydrogen-bond acceptors (Lipinski definition) is 4. The van der Waals surface area contributed by atoms with Gasteiger partial charge in [-0.1, -0.05) is 12.1 Å². The van der Waals surface area contributed by atoms with Crippen molar-refractivity contribution in [2.45, 2.75) is 17.6 Å². The highest BCUT2D eigenvalue weighted by Crippen LogP contribution is 2.35. The van der Waals surface area contributed by atoms with Gasteiger partial charge in [0.25, 0.3) is 0 Å². The molecule has 1 fully saturated rings. The van der Waals surface area contributed by atoms with Crippen molar-refractivity contribution in [1.29, 1.82) is 0 Å². The molecule has 26 heavy (non-hydrogen) atoms. The van der Waals surface area contributed by atoms with Crippen molar-refractivity contribution < 1.29 is 21.6 Å². The maximum absolute atomic E-state index is 13.2. The summed E-state index contributed by atoms with van der Waals surface area (Å²) in [6.07, 6.45) is -4.71. The summed E-state index contributed by atoms with van der Waals surface area (Å²) < 4.78 is 67.1. The van der Waals surface area contributed by atoms with E-state index in [1.165, 1.54) is 12.1 Å². The third kappa shape index (κ3) is 4.30. The molecule has 0 N–H and O–H groups in total. The van der Waals surface area contributed by atoms with Crippen LogP contribution in [0.1, 0.15) is 10.4 Å². The largest absolute Gasteiger partial charge is 0.417 e. The van der Waals surface area contributed by atoms with Crippen LogP contribution in [-0.4, -0.2) is 43.8 Å². The van der Waals surface area contributed by atoms with E-state index in [9.17, 15) is 21.6 Å². The molecule has 1 aromatic heterocycles. The molecular formula is C16H16BrF3N2O2S2. The van der Waals surface area contributed by atoms with Gasteiger partial charge in [-0.15, -0.1) is 11.3 Å². The van der Waals surface area contributed by atoms with Crippen LogP contribution in [0.5, 0.6) is 0 Å². The number of rotatable bonds is 4. The Hall–Kier alpha value is -0.940. The first-order valence-corrected chi connectivity index (χ1v) is 10.9. The standard InChI is InChI=1S/C16H16BrF3N2O2S2/c17-15-6-5-12(25-15)11-21-7-9-22(10-8-21)26(23,24)14-4-2-1-3-13(14)16(18,19)20/h1-6H,7-11H2. The molecule has 2 heterocycles. The lowest BCUT2D eigenvalue weighted by Gasteiger charge is -2.34. The van der Waals surface area contributed by atoms with Crippen molar-refractivity contribution in [3.05, 3.63) is 50.6 Å². The van der Waals surface area contributed by atoms with Gasteiger partial charge in [-0.2, -0.15) is 17.5 Å². The van der Waals surface area contributed by atoms with Crippen molar-refractivity contribution in [2.24, 2.45) is 0 Å². The molecule has 1 saturated heterocycles. The summed E-state index contributed by atoms with van der Waals surface area (Å²) in [6, 6.07) is 8.28. The summed E-state index contributed by atoms with van der Waals surface area (Å²) in [5.74, 6) is 0. The predicted molar refractivity (Wildman–Crippen MR) is 97.5 cm³/mol. The van der Waals surface area contributed by atoms with E-state index in [-0.39, 0.29) is 13.1 Å². The van der Waals surface area contributed by atoms with E-state index < -0.39 is 26.7 Å². The number of benzene rings is 1. The molecular weight excluding hydrogens is 453 g/mol. The molecule has 0 radical (unpaired) electrons. The molecule has 0 aliphatic carbocycles. The van der Waals surface area contributed by atoms with Gasteiger partial charge in [-0.25, -0.2) is 8.42 Å². The number of sulfonamides is 1. The van der Waals surface area contributed by atoms with Crippen molar-refractivity contribution in [2.75, 3.05) is 26.2 Å². The first-order valence-electron chi connectivity index (χ1n) is 7.81. The first kappa shape index (κ1) is 19.8. The topological polar surface area (TPSA) is 40.6 Å². The molecule has 3 rings (SSSR count). The average Bonchev–Trinajstić information content (AvgIpc) is 2.99. The van der Waals surface area contributed by atoms with Gasteiger partial charge in [0.2, 0.25) is 10.0 Å². The SMILES string of the molecule is O=S(=O)(c1ccccc1C(F)(F)F)N1CCN(Cc2ccc(Br)s2)CC1. The highest BCUT2D eigenvalue weighted by Gasteiger charge is 2.39. The van der Waals surface area contributed by atoms with Crippen molar-refractivity contribution >= 4 is 37.3 Å². The zero-order valence-electron chi connectivity index (χ0n) is 13.5. The minimum Gasteiger partial charge on any atom is -0.296 e. The van der Waals surface area contributed by atoms with Crippen LogP contribution in [0.25, 0.3) is 0 Å². The minimum atomic E-state index is -4.71. The molecule has 0 saturated carbocycles. The normalized spacial score (nSPS) is 17.5. The Morgan fingerprint density at radius 2 is 1.69 bits per heavy atom. The van der Waals surface area contributed by atoms with E-state index >= 15 is 0 Å². The smallest absolute Gasteiger partial charge is 0.296 e. The summed E-state index contributed by atoms with van der Waals surface area (Å²) in [4.78, 5) is 2.57. The number of hydrogen-bond donors (Lipinski definition) is 0. The molecule has 4 nitrogen and oxygen atoms in total. The molecule has 0 amide bonds. The third-order valence-corrected chi connectivity index (χ3v) is 7.72. The number of thiophene rings is 1. The lowest BCUT2D eigenvalue weighted by molar-refractivity contribution is -0.139. The van der Waals surface area contributed by atoms with Crippen molar-refractivity contribution in [3.63, 3.8) is 0 Å². The quantitative estimate of drug-likeness (QED) is 0.679. The van der Waals surface area contributed by atoms with Gasteiger partial charge in [0, 0.05) is 37.6 Å². The molecule has 1 aliphatic heterocycles. The second kappa shape index (κ2) is 7.59. The molecule has 0 bridgehead atoms. The van der Waals surface area contributed by atoms with Gasteiger partial charge in [-0.3, -0.25) is 4.90 Å². The number of nitrogens with zero attached hydrogens (tertiary/aromatic N) is 2. The minimum absolute atomic E-state index is 0.168. The van der Waals surface area contributed by atoms with Gasteiger partial charge in [0.05, 0.1) is 14.2 Å². The van der Waals surface area contributed by atoms with E-state index in [1.54, 1.807) is 11.3 Å². The van der Waals surface area contributed by atoms with Crippen LogP contribution in [0.3, 0.4) is 0 Å². The Bertz CT molecular complexity index is 876. The summed E-state index contributed by atoms with van der Waals surface area (Å²) in [6.45, 7) is 1.98. The highest BCUT2D eigenvalue weighted by atomic mass is 79.9. The van der Waals surface area contributed by atoms with E-state index in [0.717, 1.165) is 25.1 Å². The predicted octanol–water partition coefficient (Wildman–Crippen LogP) is 4.04. The van der Waals surface area contributed by atoms with Crippen LogP contribution in [0.15, 0.2) is 45.1 Å². The summed E-state index contributed by atoms with van der Waals surface area (Å²) in [7, 11) is -4.19. The van der Waals surface area contributed by atoms with Crippen LogP contribution in [-0.2, 0) is 22.7 Å². The Morgan fingerprint density at radius 1 is 1.04 bits per heavy atom. The monoisotopic (exact) mass is 468 g/mol. The van der Waals surface area contributed by atoms with Gasteiger partial charge < -0.3 is 0 Å². The Balaban J connectivity index is 1.73. The average molecular weight is 469 g/mol. The fourth-order valence-electron chi connectivity index (χ4n) is 2.85. The van der Waals surface area contributed by atoms with Crippen LogP contribution in [0, 0.1) is 0 Å². The maximum atomic E-state index is 13.2. The second-order valence-electron chi connectivity index (χ2n) is 5.88. The van der Waals surface area contributed by atoms with E-state index in [1.807, 2.05) is 12.1 Å². The van der Waals surface area contributed by atoms with Crippen LogP contribution in [0.2, 0.25) is 0 Å². The molecule has 10 heteroatoms. The lowest BCUT2D eigenvalue weighted by Crippen LogP contribution is -2.48. The maximum Gasteiger partial charge on any atom is 0.417 e. The fraction of sp³-hybridized carbons (Fsp3) is 0.375. The zero-order valence-corrected chi connectivity index (χ0v) is 16.8. The molecule has 0 spiro atoms. The fourth-order valence-corrected chi connectivity index (χ4v) is 6.01. The van der Waals surface area contributed by atoms with Gasteiger partial charge in [0.15, 0.2) is 0 Å². The number of halogens is 4. The number of alkyl halides is 3. The molecule has 2 aromatic rings. The molecule has 1 aromatic carbocycles. The summed E-state index contributed by atoms with van der Waals surface area (Å²) >= 11 is 5.01. The molecule has 1 aliphatic rings. The lowest BCUT2D eigenvalue weighted by atomic mass is 10.2. The Kier molecular flexibility index (Phi) is 5.78. The Morgan fingerprint density at radius 3 is 2.27 bits per heavy atom. The first-order chi connectivity index (χ1) is 12.2. The molecule has 142 valence electrons. The molecule has 0 unspecified atom stereocenters. The van der Waals surface area contributed by atoms with E-state index in [0.29, 0.717) is 19.6 Å². The van der Waals surface area contributed by atoms with E-state index in [2.05, 4.69) is 20.8 Å². The Labute approximate surface area is 162 Å². The van der Waals surface area contributed by atoms with Crippen LogP contribution >= 0.6 is 27.3 Å². The third-order valence-electron chi connectivity index (χ3n) is 4.15. The zero-order chi connectivity index (χ0) is 18.9. The van der Waals surface area contributed by atoms with Gasteiger partial charge in [-0.05, 0) is 40.2 Å². The van der Waals surface area contributed by atoms with Crippen molar-refractivity contribution in [1.82, 2.24) is 9.21 Å². The number of piperazine rings is 1. The summed E-state index contributed by atoms with van der Waals surface area (Å²) in [5.41, 5.74) is -1.12. The van der Waals surface area contributed by atoms with Crippen LogP contribution in [0.4, 0.5) is 13.2 Å². The van der Waals surface area contributed by atoms with Crippen molar-refractivity contribution in [3.8, 4) is 0 Å². The van der Waals surface area contributed by atoms with E-state index in [4.69, 9.17) is 0 Å². The second-order valence-corrected chi connectivity index (χ2v) is 10.3. The highest BCUT2D eigenvalue weighted by molar-refractivity contribution is 9.11. The molecule has 0 atom stereocenters. The van der Waals surface area contributed by atoms with Crippen LogP contribution < -0.4 is 0 Å². The van der Waals surface area contributed by atoms with Gasteiger partial charge >= 0.3 is 6.18 Å². The van der Waals surface area contributed by atoms with Gasteiger partial charge in [0.1, 0.15) is 0 Å². The summed E-state index contributed by atoms with van der Waals surface area (Å²) in [5, 5.41) is 0.